The molecule has 0 saturated carbocycles. The van der Waals surface area contributed by atoms with Gasteiger partial charge in [-0.05, 0) is 55.2 Å². The summed E-state index contributed by atoms with van der Waals surface area (Å²) in [5, 5.41) is 25.3. The van der Waals surface area contributed by atoms with Crippen molar-refractivity contribution in [2.24, 2.45) is 0 Å². The standard InChI is InChI=1S/C27H9N5/c1-30-23-12-22-21-11-17(14-29)16(13-28)10-20(21)19-9-8-15-6-4-5-7-18(15)24(19)25(22)27(32-3)26(23)31-2/h4-12H. The van der Waals surface area contributed by atoms with Crippen LogP contribution in [0.25, 0.3) is 57.6 Å². The molecule has 5 aromatic carbocycles. The zero-order chi connectivity index (χ0) is 22.4. The Morgan fingerprint density at radius 1 is 0.594 bits per heavy atom. The van der Waals surface area contributed by atoms with E-state index < -0.39 is 0 Å². The first-order chi connectivity index (χ1) is 15.7. The Bertz CT molecular complexity index is 1880. The lowest BCUT2D eigenvalue weighted by molar-refractivity contribution is 1.45. The number of benzene rings is 5. The summed E-state index contributed by atoms with van der Waals surface area (Å²) < 4.78 is 0. The molecule has 0 amide bonds. The van der Waals surface area contributed by atoms with Gasteiger partial charge in [-0.3, -0.25) is 14.5 Å². The van der Waals surface area contributed by atoms with Crippen LogP contribution in [0.3, 0.4) is 0 Å². The summed E-state index contributed by atoms with van der Waals surface area (Å²) in [4.78, 5) is 10.7. The molecule has 0 aromatic heterocycles. The first-order valence-electron chi connectivity index (χ1n) is 9.51. The maximum atomic E-state index is 9.58. The van der Waals surface area contributed by atoms with Gasteiger partial charge in [0.25, 0.3) is 0 Å². The van der Waals surface area contributed by atoms with Crippen LogP contribution in [-0.4, -0.2) is 0 Å². The number of hydrogen-bond acceptors (Lipinski definition) is 2. The molecule has 142 valence electrons. The molecule has 5 rings (SSSR count). The molecule has 0 unspecified atom stereocenters. The number of hydrogen-bond donors (Lipinski definition) is 0. The van der Waals surface area contributed by atoms with Gasteiger partial charge in [-0.1, -0.05) is 42.5 Å². The van der Waals surface area contributed by atoms with E-state index in [0.717, 1.165) is 26.9 Å². The fourth-order valence-corrected chi connectivity index (χ4v) is 4.41. The molecule has 0 radical (unpaired) electrons. The van der Waals surface area contributed by atoms with Gasteiger partial charge in [-0.2, -0.15) is 10.5 Å². The summed E-state index contributed by atoms with van der Waals surface area (Å²) in [6, 6.07) is 20.8. The minimum absolute atomic E-state index is 0.0326. The van der Waals surface area contributed by atoms with Crippen LogP contribution in [-0.2, 0) is 0 Å². The SMILES string of the molecule is [C-]#[N+]c1cc2c3cc(C#N)c(C#N)cc3c3ccc4ccccc4c3c2c([N+]#[C-])c1[N+]#[C-]. The highest BCUT2D eigenvalue weighted by atomic mass is 14.8. The molecular weight excluding hydrogens is 394 g/mol. The molecule has 0 spiro atoms. The van der Waals surface area contributed by atoms with Gasteiger partial charge in [0.15, 0.2) is 11.4 Å². The molecule has 0 heterocycles. The largest absolute Gasteiger partial charge is 0.262 e. The van der Waals surface area contributed by atoms with Crippen LogP contribution in [0.4, 0.5) is 17.1 Å². The first kappa shape index (κ1) is 18.6. The van der Waals surface area contributed by atoms with Crippen molar-refractivity contribution in [3.63, 3.8) is 0 Å². The minimum Gasteiger partial charge on any atom is -0.262 e. The summed E-state index contributed by atoms with van der Waals surface area (Å²) in [5.41, 5.74) is 0.758. The Kier molecular flexibility index (Phi) is 3.97. The van der Waals surface area contributed by atoms with Gasteiger partial charge >= 0.3 is 0 Å². The van der Waals surface area contributed by atoms with Crippen molar-refractivity contribution in [3.8, 4) is 12.1 Å². The van der Waals surface area contributed by atoms with E-state index in [9.17, 15) is 10.5 Å². The van der Waals surface area contributed by atoms with Gasteiger partial charge in [-0.15, -0.1) is 0 Å². The van der Waals surface area contributed by atoms with Crippen molar-refractivity contribution in [2.75, 3.05) is 0 Å². The van der Waals surface area contributed by atoms with E-state index in [1.165, 1.54) is 0 Å². The van der Waals surface area contributed by atoms with Crippen LogP contribution in [0.5, 0.6) is 0 Å². The second-order valence-electron chi connectivity index (χ2n) is 7.23. The average molecular weight is 403 g/mol. The van der Waals surface area contributed by atoms with E-state index in [1.54, 1.807) is 18.2 Å². The van der Waals surface area contributed by atoms with Crippen LogP contribution < -0.4 is 0 Å². The van der Waals surface area contributed by atoms with E-state index >= 15 is 0 Å². The molecule has 0 fully saturated rings. The zero-order valence-corrected chi connectivity index (χ0v) is 16.4. The topological polar surface area (TPSA) is 60.7 Å². The van der Waals surface area contributed by atoms with Crippen molar-refractivity contribution in [3.05, 3.63) is 100.0 Å². The van der Waals surface area contributed by atoms with Crippen LogP contribution in [0.15, 0.2) is 54.6 Å². The number of fused-ring (bicyclic) bond motifs is 8. The Morgan fingerprint density at radius 2 is 1.25 bits per heavy atom. The monoisotopic (exact) mass is 403 g/mol. The van der Waals surface area contributed by atoms with Crippen molar-refractivity contribution < 1.29 is 0 Å². The molecule has 0 N–H and O–H groups in total. The normalized spacial score (nSPS) is 10.3. The van der Waals surface area contributed by atoms with Crippen LogP contribution in [0.1, 0.15) is 11.1 Å². The fraction of sp³-hybridized carbons (Fsp3) is 0. The van der Waals surface area contributed by atoms with E-state index in [0.29, 0.717) is 16.2 Å². The second-order valence-corrected chi connectivity index (χ2v) is 7.23. The lowest BCUT2D eigenvalue weighted by atomic mass is 9.88. The third-order valence-electron chi connectivity index (χ3n) is 5.76. The highest BCUT2D eigenvalue weighted by Crippen LogP contribution is 2.50. The summed E-state index contributed by atoms with van der Waals surface area (Å²) in [6.45, 7) is 23.0. The fourth-order valence-electron chi connectivity index (χ4n) is 4.41. The molecule has 0 aliphatic rings. The van der Waals surface area contributed by atoms with Gasteiger partial charge < -0.3 is 0 Å². The van der Waals surface area contributed by atoms with Gasteiger partial charge in [-0.25, -0.2) is 0 Å². The predicted molar refractivity (Wildman–Crippen MR) is 125 cm³/mol. The Balaban J connectivity index is 2.27. The summed E-state index contributed by atoms with van der Waals surface area (Å²) in [6.07, 6.45) is 0. The first-order valence-corrected chi connectivity index (χ1v) is 9.51. The molecule has 5 heteroatoms. The molecule has 5 aromatic rings. The van der Waals surface area contributed by atoms with E-state index in [4.69, 9.17) is 19.7 Å². The van der Waals surface area contributed by atoms with Crippen molar-refractivity contribution >= 4 is 60.2 Å². The molecule has 0 atom stereocenters. The maximum absolute atomic E-state index is 9.58. The highest BCUT2D eigenvalue weighted by Gasteiger charge is 2.21. The summed E-state index contributed by atoms with van der Waals surface area (Å²) in [5.74, 6) is 0. The number of nitriles is 2. The predicted octanol–water partition coefficient (Wildman–Crippen LogP) is 7.70. The van der Waals surface area contributed by atoms with Gasteiger partial charge in [0, 0.05) is 0 Å². The smallest absolute Gasteiger partial charge is 0.201 e. The van der Waals surface area contributed by atoms with Gasteiger partial charge in [0.2, 0.25) is 5.69 Å². The minimum atomic E-state index is 0.0326. The quantitative estimate of drug-likeness (QED) is 0.196. The molecular formula is C27H9N5. The highest BCUT2D eigenvalue weighted by molar-refractivity contribution is 6.35. The Hall–Kier alpha value is -5.41. The molecule has 0 aliphatic carbocycles. The Morgan fingerprint density at radius 3 is 1.88 bits per heavy atom. The van der Waals surface area contributed by atoms with E-state index in [1.807, 2.05) is 36.4 Å². The molecule has 5 nitrogen and oxygen atoms in total. The van der Waals surface area contributed by atoms with E-state index in [-0.39, 0.29) is 28.2 Å². The molecule has 0 saturated heterocycles. The van der Waals surface area contributed by atoms with Gasteiger partial charge in [0.05, 0.1) is 30.8 Å². The van der Waals surface area contributed by atoms with Crippen LogP contribution >= 0.6 is 0 Å². The van der Waals surface area contributed by atoms with Crippen molar-refractivity contribution in [1.82, 2.24) is 0 Å². The maximum Gasteiger partial charge on any atom is 0.201 e. The molecule has 0 aliphatic heterocycles. The number of rotatable bonds is 0. The molecule has 0 bridgehead atoms. The van der Waals surface area contributed by atoms with Crippen molar-refractivity contribution in [1.29, 1.82) is 10.5 Å². The number of nitrogens with zero attached hydrogens (tertiary/aromatic N) is 5. The lowest BCUT2D eigenvalue weighted by Gasteiger charge is -2.16. The van der Waals surface area contributed by atoms with Crippen LogP contribution in [0, 0.1) is 42.4 Å². The molecule has 32 heavy (non-hydrogen) atoms. The Labute approximate surface area is 183 Å². The lowest BCUT2D eigenvalue weighted by Crippen LogP contribution is -1.90. The van der Waals surface area contributed by atoms with Gasteiger partial charge in [0.1, 0.15) is 12.1 Å². The zero-order valence-electron chi connectivity index (χ0n) is 16.4. The third kappa shape index (κ3) is 2.33. The third-order valence-corrected chi connectivity index (χ3v) is 5.76. The average Bonchev–Trinajstić information content (AvgIpc) is 2.85. The summed E-state index contributed by atoms with van der Waals surface area (Å²) >= 11 is 0. The van der Waals surface area contributed by atoms with Crippen molar-refractivity contribution in [2.45, 2.75) is 0 Å². The van der Waals surface area contributed by atoms with Crippen LogP contribution in [0.2, 0.25) is 0 Å². The summed E-state index contributed by atoms with van der Waals surface area (Å²) in [7, 11) is 0. The second kappa shape index (κ2) is 6.83. The van der Waals surface area contributed by atoms with E-state index in [2.05, 4.69) is 26.7 Å².